The van der Waals surface area contributed by atoms with Crippen LogP contribution in [0.4, 0.5) is 0 Å². The lowest BCUT2D eigenvalue weighted by Gasteiger charge is -1.93. The standard InChI is InChI=1S/C5H7O3/c1-2-5(7)8-4-3-6/h2H,1,3-4H2. The number of hydrogen-bond donors (Lipinski definition) is 0. The fraction of sp³-hybridized carbons (Fsp3) is 0.400. The van der Waals surface area contributed by atoms with Gasteiger partial charge in [0.05, 0.1) is 0 Å². The SMILES string of the molecule is C=CC(=O)OCC[O]. The van der Waals surface area contributed by atoms with Gasteiger partial charge in [0.1, 0.15) is 13.2 Å². The second-order valence-corrected chi connectivity index (χ2v) is 1.08. The molecule has 1 radical (unpaired) electrons. The summed E-state index contributed by atoms with van der Waals surface area (Å²) in [4.78, 5) is 10.1. The second-order valence-electron chi connectivity index (χ2n) is 1.08. The van der Waals surface area contributed by atoms with Crippen molar-refractivity contribution >= 4 is 5.97 Å². The quantitative estimate of drug-likeness (QED) is 0.388. The predicted molar refractivity (Wildman–Crippen MR) is 26.7 cm³/mol. The highest BCUT2D eigenvalue weighted by molar-refractivity contribution is 5.81. The van der Waals surface area contributed by atoms with E-state index in [2.05, 4.69) is 11.3 Å². The molecule has 0 aromatic carbocycles. The average molecular weight is 115 g/mol. The van der Waals surface area contributed by atoms with E-state index in [0.717, 1.165) is 6.08 Å². The molecule has 3 nitrogen and oxygen atoms in total. The predicted octanol–water partition coefficient (Wildman–Crippen LogP) is 0.146. The van der Waals surface area contributed by atoms with Crippen LogP contribution in [-0.2, 0) is 14.6 Å². The van der Waals surface area contributed by atoms with Crippen molar-refractivity contribution in [3.63, 3.8) is 0 Å². The Hall–Kier alpha value is -0.830. The molecule has 0 atom stereocenters. The Morgan fingerprint density at radius 3 is 2.75 bits per heavy atom. The van der Waals surface area contributed by atoms with Gasteiger partial charge in [-0.3, -0.25) is 0 Å². The Labute approximate surface area is 47.6 Å². The van der Waals surface area contributed by atoms with E-state index in [-0.39, 0.29) is 13.2 Å². The fourth-order valence-corrected chi connectivity index (χ4v) is 0.201. The highest BCUT2D eigenvalue weighted by atomic mass is 16.5. The van der Waals surface area contributed by atoms with Crippen LogP contribution in [0.25, 0.3) is 0 Å². The Balaban J connectivity index is 3.11. The van der Waals surface area contributed by atoms with Crippen molar-refractivity contribution in [1.29, 1.82) is 0 Å². The number of carbonyl (C=O) groups excluding carboxylic acids is 1. The van der Waals surface area contributed by atoms with E-state index in [4.69, 9.17) is 0 Å². The van der Waals surface area contributed by atoms with Crippen molar-refractivity contribution in [3.8, 4) is 0 Å². The zero-order valence-corrected chi connectivity index (χ0v) is 4.42. The van der Waals surface area contributed by atoms with E-state index in [1.54, 1.807) is 0 Å². The van der Waals surface area contributed by atoms with E-state index < -0.39 is 5.97 Å². The van der Waals surface area contributed by atoms with Crippen LogP contribution in [0, 0.1) is 0 Å². The van der Waals surface area contributed by atoms with Gasteiger partial charge in [-0.15, -0.1) is 0 Å². The maximum absolute atomic E-state index is 10.1. The van der Waals surface area contributed by atoms with Gasteiger partial charge in [0, 0.05) is 6.08 Å². The van der Waals surface area contributed by atoms with Gasteiger partial charge in [-0.25, -0.2) is 9.90 Å². The summed E-state index contributed by atoms with van der Waals surface area (Å²) in [5.41, 5.74) is 0. The summed E-state index contributed by atoms with van der Waals surface area (Å²) in [6, 6.07) is 0. The topological polar surface area (TPSA) is 46.2 Å². The van der Waals surface area contributed by atoms with Crippen LogP contribution in [0.5, 0.6) is 0 Å². The molecule has 45 valence electrons. The Morgan fingerprint density at radius 2 is 2.38 bits per heavy atom. The molecule has 0 heterocycles. The van der Waals surface area contributed by atoms with Crippen molar-refractivity contribution in [2.75, 3.05) is 13.2 Å². The molecule has 8 heavy (non-hydrogen) atoms. The first-order valence-electron chi connectivity index (χ1n) is 2.18. The third-order valence-corrected chi connectivity index (χ3v) is 0.494. The van der Waals surface area contributed by atoms with E-state index >= 15 is 0 Å². The molecule has 0 aromatic rings. The summed E-state index contributed by atoms with van der Waals surface area (Å²) in [6.07, 6.45) is 1.02. The number of esters is 1. The molecule has 0 saturated heterocycles. The molecule has 0 amide bonds. The molecule has 0 fully saturated rings. The van der Waals surface area contributed by atoms with Crippen molar-refractivity contribution in [2.24, 2.45) is 0 Å². The van der Waals surface area contributed by atoms with E-state index in [1.165, 1.54) is 0 Å². The number of hydrogen-bond acceptors (Lipinski definition) is 2. The summed E-state index contributed by atoms with van der Waals surface area (Å²) < 4.78 is 4.27. The summed E-state index contributed by atoms with van der Waals surface area (Å²) in [7, 11) is 0. The summed E-state index contributed by atoms with van der Waals surface area (Å²) in [5, 5.41) is 9.64. The van der Waals surface area contributed by atoms with E-state index in [1.807, 2.05) is 0 Å². The second kappa shape index (κ2) is 4.33. The minimum Gasteiger partial charge on any atom is -0.460 e. The Kier molecular flexibility index (Phi) is 3.88. The van der Waals surface area contributed by atoms with Crippen LogP contribution in [-0.4, -0.2) is 19.2 Å². The first kappa shape index (κ1) is 7.17. The lowest BCUT2D eigenvalue weighted by molar-refractivity contribution is -0.139. The molecular formula is C5H7O3. The number of ether oxygens (including phenoxy) is 1. The first-order valence-corrected chi connectivity index (χ1v) is 2.18. The van der Waals surface area contributed by atoms with Gasteiger partial charge >= 0.3 is 5.97 Å². The molecular weight excluding hydrogens is 108 g/mol. The zero-order valence-electron chi connectivity index (χ0n) is 4.42. The van der Waals surface area contributed by atoms with Gasteiger partial charge in [0.25, 0.3) is 0 Å². The molecule has 0 aromatic heterocycles. The van der Waals surface area contributed by atoms with Gasteiger partial charge in [0.2, 0.25) is 0 Å². The third-order valence-electron chi connectivity index (χ3n) is 0.494. The molecule has 3 heteroatoms. The molecule has 0 saturated carbocycles. The van der Waals surface area contributed by atoms with Crippen molar-refractivity contribution in [2.45, 2.75) is 0 Å². The highest BCUT2D eigenvalue weighted by Gasteiger charge is 1.90. The first-order chi connectivity index (χ1) is 3.81. The summed E-state index contributed by atoms with van der Waals surface area (Å²) in [5.74, 6) is -0.541. The molecule has 0 unspecified atom stereocenters. The largest absolute Gasteiger partial charge is 0.460 e. The molecule has 0 N–H and O–H groups in total. The number of carbonyl (C=O) groups is 1. The molecule has 0 aliphatic heterocycles. The van der Waals surface area contributed by atoms with Crippen LogP contribution in [0.3, 0.4) is 0 Å². The monoisotopic (exact) mass is 115 g/mol. The molecule has 0 bridgehead atoms. The fourth-order valence-electron chi connectivity index (χ4n) is 0.201. The van der Waals surface area contributed by atoms with Gasteiger partial charge in [-0.05, 0) is 0 Å². The molecule has 0 spiro atoms. The van der Waals surface area contributed by atoms with Crippen LogP contribution in [0.2, 0.25) is 0 Å². The third kappa shape index (κ3) is 3.36. The molecule has 0 aliphatic carbocycles. The summed E-state index contributed by atoms with van der Waals surface area (Å²) >= 11 is 0. The van der Waals surface area contributed by atoms with Crippen LogP contribution < -0.4 is 0 Å². The average Bonchev–Trinajstić information content (AvgIpc) is 1.83. The maximum Gasteiger partial charge on any atom is 0.330 e. The maximum atomic E-state index is 10.1. The van der Waals surface area contributed by atoms with Gasteiger partial charge in [-0.1, -0.05) is 6.58 Å². The van der Waals surface area contributed by atoms with Gasteiger partial charge in [0.15, 0.2) is 0 Å². The van der Waals surface area contributed by atoms with Crippen LogP contribution in [0.15, 0.2) is 12.7 Å². The van der Waals surface area contributed by atoms with Crippen molar-refractivity contribution in [1.82, 2.24) is 0 Å². The minimum atomic E-state index is -0.541. The molecule has 0 rings (SSSR count). The number of rotatable bonds is 3. The van der Waals surface area contributed by atoms with Crippen LogP contribution >= 0.6 is 0 Å². The smallest absolute Gasteiger partial charge is 0.330 e. The van der Waals surface area contributed by atoms with Crippen molar-refractivity contribution in [3.05, 3.63) is 12.7 Å². The zero-order chi connectivity index (χ0) is 6.41. The lowest BCUT2D eigenvalue weighted by atomic mass is 10.6. The van der Waals surface area contributed by atoms with Crippen LogP contribution in [0.1, 0.15) is 0 Å². The van der Waals surface area contributed by atoms with Gasteiger partial charge in [-0.2, -0.15) is 0 Å². The molecule has 0 aliphatic rings. The van der Waals surface area contributed by atoms with E-state index in [9.17, 15) is 9.90 Å². The minimum absolute atomic E-state index is 0.0646. The Morgan fingerprint density at radius 1 is 1.75 bits per heavy atom. The lowest BCUT2D eigenvalue weighted by Crippen LogP contribution is -2.03. The Bertz CT molecular complexity index is 87.7. The highest BCUT2D eigenvalue weighted by Crippen LogP contribution is 1.75. The van der Waals surface area contributed by atoms with Crippen molar-refractivity contribution < 1.29 is 14.6 Å². The van der Waals surface area contributed by atoms with Gasteiger partial charge < -0.3 is 4.74 Å². The normalized spacial score (nSPS) is 8.12. The van der Waals surface area contributed by atoms with E-state index in [0.29, 0.717) is 0 Å². The summed E-state index contributed by atoms with van der Waals surface area (Å²) in [6.45, 7) is 2.68.